The molecule has 0 saturated heterocycles. The van der Waals surface area contributed by atoms with Gasteiger partial charge in [-0.15, -0.1) is 0 Å². The first kappa shape index (κ1) is 15.1. The SMILES string of the molecule is COc1ccc(OCCNCCCOCC2CC2)cc1. The summed E-state index contributed by atoms with van der Waals surface area (Å²) in [7, 11) is 1.66. The van der Waals surface area contributed by atoms with Gasteiger partial charge in [-0.2, -0.15) is 0 Å². The minimum atomic E-state index is 0.676. The molecule has 4 heteroatoms. The topological polar surface area (TPSA) is 39.7 Å². The van der Waals surface area contributed by atoms with Gasteiger partial charge in [-0.1, -0.05) is 0 Å². The van der Waals surface area contributed by atoms with E-state index in [1.54, 1.807) is 7.11 Å². The van der Waals surface area contributed by atoms with Crippen molar-refractivity contribution in [1.29, 1.82) is 0 Å². The van der Waals surface area contributed by atoms with Crippen molar-refractivity contribution < 1.29 is 14.2 Å². The molecule has 0 spiro atoms. The standard InChI is InChI=1S/C16H25NO3/c1-18-15-5-7-16(8-6-15)20-12-10-17-9-2-11-19-13-14-3-4-14/h5-8,14,17H,2-4,9-13H2,1H3. The summed E-state index contributed by atoms with van der Waals surface area (Å²) in [6.07, 6.45) is 3.79. The zero-order valence-corrected chi connectivity index (χ0v) is 12.3. The Bertz CT molecular complexity index is 362. The molecule has 1 aliphatic carbocycles. The van der Waals surface area contributed by atoms with Crippen molar-refractivity contribution in [2.24, 2.45) is 5.92 Å². The van der Waals surface area contributed by atoms with Gasteiger partial charge in [0.15, 0.2) is 0 Å². The predicted molar refractivity (Wildman–Crippen MR) is 79.5 cm³/mol. The van der Waals surface area contributed by atoms with E-state index in [4.69, 9.17) is 14.2 Å². The highest BCUT2D eigenvalue weighted by atomic mass is 16.5. The van der Waals surface area contributed by atoms with Gasteiger partial charge in [-0.3, -0.25) is 0 Å². The lowest BCUT2D eigenvalue weighted by molar-refractivity contribution is 0.122. The third-order valence-electron chi connectivity index (χ3n) is 3.30. The lowest BCUT2D eigenvalue weighted by atomic mass is 10.3. The van der Waals surface area contributed by atoms with Crippen LogP contribution in [0.3, 0.4) is 0 Å². The summed E-state index contributed by atoms with van der Waals surface area (Å²) in [4.78, 5) is 0. The van der Waals surface area contributed by atoms with E-state index in [-0.39, 0.29) is 0 Å². The molecule has 20 heavy (non-hydrogen) atoms. The van der Waals surface area contributed by atoms with E-state index < -0.39 is 0 Å². The second kappa shape index (κ2) is 8.82. The summed E-state index contributed by atoms with van der Waals surface area (Å²) in [6.45, 7) is 4.34. The summed E-state index contributed by atoms with van der Waals surface area (Å²) in [5, 5.41) is 3.35. The smallest absolute Gasteiger partial charge is 0.119 e. The molecule has 1 aromatic rings. The van der Waals surface area contributed by atoms with Gasteiger partial charge in [0, 0.05) is 19.8 Å². The van der Waals surface area contributed by atoms with Crippen molar-refractivity contribution in [3.05, 3.63) is 24.3 Å². The Morgan fingerprint density at radius 2 is 1.80 bits per heavy atom. The van der Waals surface area contributed by atoms with Gasteiger partial charge < -0.3 is 19.5 Å². The molecular formula is C16H25NO3. The fourth-order valence-corrected chi connectivity index (χ4v) is 1.87. The molecule has 4 nitrogen and oxygen atoms in total. The Morgan fingerprint density at radius 1 is 1.05 bits per heavy atom. The van der Waals surface area contributed by atoms with E-state index >= 15 is 0 Å². The third kappa shape index (κ3) is 6.26. The van der Waals surface area contributed by atoms with E-state index in [1.807, 2.05) is 24.3 Å². The minimum absolute atomic E-state index is 0.676. The molecule has 0 heterocycles. The molecule has 1 aromatic carbocycles. The lowest BCUT2D eigenvalue weighted by Crippen LogP contribution is -2.23. The van der Waals surface area contributed by atoms with Crippen LogP contribution in [0.4, 0.5) is 0 Å². The van der Waals surface area contributed by atoms with E-state index in [2.05, 4.69) is 5.32 Å². The number of rotatable bonds is 11. The van der Waals surface area contributed by atoms with Crippen LogP contribution in [-0.4, -0.2) is 40.0 Å². The third-order valence-corrected chi connectivity index (χ3v) is 3.30. The minimum Gasteiger partial charge on any atom is -0.497 e. The van der Waals surface area contributed by atoms with Crippen molar-refractivity contribution in [3.63, 3.8) is 0 Å². The van der Waals surface area contributed by atoms with Crippen LogP contribution in [0.1, 0.15) is 19.3 Å². The maximum atomic E-state index is 5.62. The summed E-state index contributed by atoms with van der Waals surface area (Å²) < 4.78 is 16.3. The molecule has 0 atom stereocenters. The molecule has 0 aromatic heterocycles. The highest BCUT2D eigenvalue weighted by molar-refractivity contribution is 5.31. The zero-order chi connectivity index (χ0) is 14.0. The van der Waals surface area contributed by atoms with Crippen molar-refractivity contribution in [3.8, 4) is 11.5 Å². The average Bonchev–Trinajstić information content (AvgIpc) is 3.30. The number of ether oxygens (including phenoxy) is 3. The van der Waals surface area contributed by atoms with Crippen LogP contribution < -0.4 is 14.8 Å². The van der Waals surface area contributed by atoms with Gasteiger partial charge in [0.05, 0.1) is 7.11 Å². The monoisotopic (exact) mass is 279 g/mol. The maximum Gasteiger partial charge on any atom is 0.119 e. The first-order chi connectivity index (χ1) is 9.88. The summed E-state index contributed by atoms with van der Waals surface area (Å²) >= 11 is 0. The molecular weight excluding hydrogens is 254 g/mol. The Balaban J connectivity index is 1.40. The Hall–Kier alpha value is -1.26. The van der Waals surface area contributed by atoms with Gasteiger partial charge in [-0.25, -0.2) is 0 Å². The molecule has 1 aliphatic rings. The molecule has 0 amide bonds. The van der Waals surface area contributed by atoms with Crippen LogP contribution in [0.25, 0.3) is 0 Å². The first-order valence-corrected chi connectivity index (χ1v) is 7.44. The number of methoxy groups -OCH3 is 1. The molecule has 0 unspecified atom stereocenters. The van der Waals surface area contributed by atoms with E-state index in [0.29, 0.717) is 6.61 Å². The molecule has 0 bridgehead atoms. The Morgan fingerprint density at radius 3 is 2.50 bits per heavy atom. The summed E-state index contributed by atoms with van der Waals surface area (Å²) in [5.41, 5.74) is 0. The van der Waals surface area contributed by atoms with Gasteiger partial charge in [-0.05, 0) is 56.0 Å². The van der Waals surface area contributed by atoms with Crippen molar-refractivity contribution >= 4 is 0 Å². The van der Waals surface area contributed by atoms with Crippen molar-refractivity contribution in [2.45, 2.75) is 19.3 Å². The van der Waals surface area contributed by atoms with Gasteiger partial charge in [0.1, 0.15) is 18.1 Å². The van der Waals surface area contributed by atoms with Crippen LogP contribution in [0, 0.1) is 5.92 Å². The zero-order valence-electron chi connectivity index (χ0n) is 12.3. The largest absolute Gasteiger partial charge is 0.497 e. The summed E-state index contributed by atoms with van der Waals surface area (Å²) in [6, 6.07) is 7.65. The molecule has 0 aliphatic heterocycles. The van der Waals surface area contributed by atoms with Gasteiger partial charge >= 0.3 is 0 Å². The average molecular weight is 279 g/mol. The number of hydrogen-bond acceptors (Lipinski definition) is 4. The highest BCUT2D eigenvalue weighted by Crippen LogP contribution is 2.28. The van der Waals surface area contributed by atoms with Crippen LogP contribution >= 0.6 is 0 Å². The Labute approximate surface area is 121 Å². The Kier molecular flexibility index (Phi) is 6.68. The van der Waals surface area contributed by atoms with E-state index in [0.717, 1.165) is 50.1 Å². The fourth-order valence-electron chi connectivity index (χ4n) is 1.87. The fraction of sp³-hybridized carbons (Fsp3) is 0.625. The van der Waals surface area contributed by atoms with E-state index in [1.165, 1.54) is 12.8 Å². The molecule has 112 valence electrons. The maximum absolute atomic E-state index is 5.62. The number of hydrogen-bond donors (Lipinski definition) is 1. The van der Waals surface area contributed by atoms with Crippen LogP contribution in [0.15, 0.2) is 24.3 Å². The van der Waals surface area contributed by atoms with E-state index in [9.17, 15) is 0 Å². The first-order valence-electron chi connectivity index (χ1n) is 7.44. The second-order valence-corrected chi connectivity index (χ2v) is 5.15. The molecule has 1 fully saturated rings. The van der Waals surface area contributed by atoms with Gasteiger partial charge in [0.2, 0.25) is 0 Å². The normalized spacial score (nSPS) is 14.2. The number of nitrogens with one attached hydrogen (secondary N) is 1. The second-order valence-electron chi connectivity index (χ2n) is 5.15. The molecule has 2 rings (SSSR count). The number of benzene rings is 1. The molecule has 1 N–H and O–H groups in total. The van der Waals surface area contributed by atoms with Crippen LogP contribution in [-0.2, 0) is 4.74 Å². The van der Waals surface area contributed by atoms with Crippen LogP contribution in [0.2, 0.25) is 0 Å². The highest BCUT2D eigenvalue weighted by Gasteiger charge is 2.20. The lowest BCUT2D eigenvalue weighted by Gasteiger charge is -2.08. The van der Waals surface area contributed by atoms with Crippen molar-refractivity contribution in [1.82, 2.24) is 5.32 Å². The quantitative estimate of drug-likeness (QED) is 0.632. The summed E-state index contributed by atoms with van der Waals surface area (Å²) in [5.74, 6) is 2.59. The van der Waals surface area contributed by atoms with Crippen molar-refractivity contribution in [2.75, 3.05) is 40.0 Å². The molecule has 0 radical (unpaired) electrons. The van der Waals surface area contributed by atoms with Gasteiger partial charge in [0.25, 0.3) is 0 Å². The molecule has 1 saturated carbocycles. The van der Waals surface area contributed by atoms with Crippen LogP contribution in [0.5, 0.6) is 11.5 Å². The predicted octanol–water partition coefficient (Wildman–Crippen LogP) is 2.48.